The molecule has 0 aromatic heterocycles. The first-order valence-electron chi connectivity index (χ1n) is 8.54. The van der Waals surface area contributed by atoms with Crippen molar-refractivity contribution in [3.8, 4) is 5.75 Å². The number of carbonyl (C=O) groups excluding carboxylic acids is 1. The molecule has 0 aliphatic rings. The number of amides is 2. The maximum Gasteiger partial charge on any atom is 0.319 e. The molecule has 2 amide bonds. The molecule has 8 nitrogen and oxygen atoms in total. The molecule has 0 aliphatic carbocycles. The van der Waals surface area contributed by atoms with Crippen molar-refractivity contribution in [1.82, 2.24) is 5.32 Å². The van der Waals surface area contributed by atoms with Crippen molar-refractivity contribution < 1.29 is 19.5 Å². The second-order valence-corrected chi connectivity index (χ2v) is 6.22. The molecule has 2 aromatic rings. The summed E-state index contributed by atoms with van der Waals surface area (Å²) in [6, 6.07) is 13.0. The van der Waals surface area contributed by atoms with Gasteiger partial charge in [0.05, 0.1) is 19.8 Å². The second kappa shape index (κ2) is 11.0. The summed E-state index contributed by atoms with van der Waals surface area (Å²) in [6.45, 7) is -0.183. The molecule has 9 heteroatoms. The predicted octanol–water partition coefficient (Wildman–Crippen LogP) is 2.36. The number of methoxy groups -OCH3 is 1. The Balaban J connectivity index is 2.08. The Bertz CT molecular complexity index is 782. The summed E-state index contributed by atoms with van der Waals surface area (Å²) >= 11 is 5.85. The molecule has 0 aliphatic heterocycles. The zero-order chi connectivity index (χ0) is 20.4. The molecule has 0 saturated carbocycles. The number of ether oxygens (including phenoxy) is 1. The van der Waals surface area contributed by atoms with E-state index in [4.69, 9.17) is 32.0 Å². The van der Waals surface area contributed by atoms with E-state index in [1.165, 1.54) is 0 Å². The fourth-order valence-corrected chi connectivity index (χ4v) is 2.44. The van der Waals surface area contributed by atoms with Crippen molar-refractivity contribution in [2.24, 2.45) is 10.9 Å². The van der Waals surface area contributed by atoms with Gasteiger partial charge in [0.15, 0.2) is 5.84 Å². The average molecular weight is 407 g/mol. The number of amidine groups is 1. The van der Waals surface area contributed by atoms with Gasteiger partial charge in [0.2, 0.25) is 0 Å². The zero-order valence-electron chi connectivity index (χ0n) is 15.4. The smallest absolute Gasteiger partial charge is 0.319 e. The lowest BCUT2D eigenvalue weighted by molar-refractivity contribution is 0.0975. The summed E-state index contributed by atoms with van der Waals surface area (Å²) in [6.07, 6.45) is 0.385. The van der Waals surface area contributed by atoms with Crippen molar-refractivity contribution in [2.75, 3.05) is 25.6 Å². The highest BCUT2D eigenvalue weighted by Crippen LogP contribution is 2.14. The maximum atomic E-state index is 12.4. The van der Waals surface area contributed by atoms with Crippen LogP contribution in [0.4, 0.5) is 10.5 Å². The highest BCUT2D eigenvalue weighted by atomic mass is 35.5. The molecule has 0 bridgehead atoms. The summed E-state index contributed by atoms with van der Waals surface area (Å²) in [7, 11) is 1.59. The summed E-state index contributed by atoms with van der Waals surface area (Å²) < 4.78 is 5.15. The first-order valence-corrected chi connectivity index (χ1v) is 8.92. The zero-order valence-corrected chi connectivity index (χ0v) is 16.1. The largest absolute Gasteiger partial charge is 0.497 e. The number of aliphatic hydroxyl groups excluding tert-OH is 1. The summed E-state index contributed by atoms with van der Waals surface area (Å²) in [5.41, 5.74) is 7.48. The number of carbonyl (C=O) groups is 1. The van der Waals surface area contributed by atoms with Gasteiger partial charge in [-0.3, -0.25) is 0 Å². The lowest BCUT2D eigenvalue weighted by Crippen LogP contribution is -2.47. The Morgan fingerprint density at radius 3 is 2.50 bits per heavy atom. The number of halogens is 1. The SMILES string of the molecule is COc1ccc(CC(NC(=O)Nc2ccc(Cl)cc2)C(N)=NOCCO)cc1. The molecular formula is C19H23ClN4O4. The molecule has 0 radical (unpaired) electrons. The minimum atomic E-state index is -0.626. The van der Waals surface area contributed by atoms with E-state index in [0.717, 1.165) is 11.3 Å². The minimum absolute atomic E-state index is 0.00687. The van der Waals surface area contributed by atoms with Crippen LogP contribution >= 0.6 is 11.6 Å². The molecule has 0 heterocycles. The molecule has 1 atom stereocenters. The van der Waals surface area contributed by atoms with E-state index in [-0.39, 0.29) is 19.0 Å². The highest BCUT2D eigenvalue weighted by molar-refractivity contribution is 6.30. The number of anilines is 1. The topological polar surface area (TPSA) is 118 Å². The highest BCUT2D eigenvalue weighted by Gasteiger charge is 2.18. The Morgan fingerprint density at radius 2 is 1.89 bits per heavy atom. The minimum Gasteiger partial charge on any atom is -0.497 e. The fraction of sp³-hybridized carbons (Fsp3) is 0.263. The van der Waals surface area contributed by atoms with Gasteiger partial charge in [-0.25, -0.2) is 4.79 Å². The second-order valence-electron chi connectivity index (χ2n) is 5.78. The van der Waals surface area contributed by atoms with Crippen molar-refractivity contribution >= 4 is 29.2 Å². The first kappa shape index (κ1) is 21.3. The Morgan fingerprint density at radius 1 is 1.21 bits per heavy atom. The predicted molar refractivity (Wildman–Crippen MR) is 109 cm³/mol. The van der Waals surface area contributed by atoms with Crippen LogP contribution in [-0.2, 0) is 11.3 Å². The summed E-state index contributed by atoms with van der Waals surface area (Å²) in [4.78, 5) is 17.3. The van der Waals surface area contributed by atoms with Gasteiger partial charge in [0, 0.05) is 17.1 Å². The third-order valence-electron chi connectivity index (χ3n) is 3.72. The van der Waals surface area contributed by atoms with E-state index in [2.05, 4.69) is 15.8 Å². The molecule has 150 valence electrons. The third-order valence-corrected chi connectivity index (χ3v) is 3.97. The van der Waals surface area contributed by atoms with Gasteiger partial charge < -0.3 is 31.0 Å². The number of rotatable bonds is 9. The van der Waals surface area contributed by atoms with E-state index in [1.54, 1.807) is 31.4 Å². The number of nitrogens with one attached hydrogen (secondary N) is 2. The van der Waals surface area contributed by atoms with Gasteiger partial charge in [-0.1, -0.05) is 28.9 Å². The number of nitrogens with zero attached hydrogens (tertiary/aromatic N) is 1. The molecule has 0 spiro atoms. The van der Waals surface area contributed by atoms with Crippen molar-refractivity contribution in [3.63, 3.8) is 0 Å². The number of urea groups is 1. The third kappa shape index (κ3) is 6.98. The lowest BCUT2D eigenvalue weighted by Gasteiger charge is -2.19. The number of aliphatic hydroxyl groups is 1. The van der Waals surface area contributed by atoms with Gasteiger partial charge in [0.25, 0.3) is 0 Å². The lowest BCUT2D eigenvalue weighted by atomic mass is 10.1. The number of nitrogens with two attached hydrogens (primary N) is 1. The van der Waals surface area contributed by atoms with Crippen molar-refractivity contribution in [3.05, 3.63) is 59.1 Å². The van der Waals surface area contributed by atoms with Gasteiger partial charge in [-0.15, -0.1) is 0 Å². The van der Waals surface area contributed by atoms with Gasteiger partial charge >= 0.3 is 6.03 Å². The van der Waals surface area contributed by atoms with E-state index in [9.17, 15) is 4.79 Å². The van der Waals surface area contributed by atoms with Crippen LogP contribution in [0.5, 0.6) is 5.75 Å². The van der Waals surface area contributed by atoms with E-state index in [1.807, 2.05) is 24.3 Å². The van der Waals surface area contributed by atoms with E-state index < -0.39 is 12.1 Å². The number of hydrogen-bond acceptors (Lipinski definition) is 5. The molecule has 0 saturated heterocycles. The normalized spacial score (nSPS) is 12.2. The van der Waals surface area contributed by atoms with E-state index in [0.29, 0.717) is 17.1 Å². The van der Waals surface area contributed by atoms with Crippen LogP contribution in [0.15, 0.2) is 53.7 Å². The van der Waals surface area contributed by atoms with Crippen LogP contribution in [0.2, 0.25) is 5.02 Å². The van der Waals surface area contributed by atoms with Gasteiger partial charge in [0.1, 0.15) is 12.4 Å². The molecule has 1 unspecified atom stereocenters. The number of hydrogen-bond donors (Lipinski definition) is 4. The average Bonchev–Trinajstić information content (AvgIpc) is 2.70. The molecule has 5 N–H and O–H groups in total. The Labute approximate surface area is 168 Å². The summed E-state index contributed by atoms with van der Waals surface area (Å²) in [5, 5.41) is 18.6. The van der Waals surface area contributed by atoms with E-state index >= 15 is 0 Å². The van der Waals surface area contributed by atoms with Crippen LogP contribution < -0.4 is 21.1 Å². The monoisotopic (exact) mass is 406 g/mol. The standard InChI is InChI=1S/C19H23ClN4O4/c1-27-16-8-2-13(3-9-16)12-17(18(21)24-28-11-10-25)23-19(26)22-15-6-4-14(20)5-7-15/h2-9,17,25H,10-12H2,1H3,(H2,21,24)(H2,22,23,26). The molecule has 0 fully saturated rings. The molecule has 2 aromatic carbocycles. The van der Waals surface area contributed by atoms with Crippen LogP contribution in [0.1, 0.15) is 5.56 Å². The van der Waals surface area contributed by atoms with Crippen LogP contribution in [0.3, 0.4) is 0 Å². The maximum absolute atomic E-state index is 12.4. The van der Waals surface area contributed by atoms with Crippen molar-refractivity contribution in [1.29, 1.82) is 0 Å². The van der Waals surface area contributed by atoms with Crippen LogP contribution in [0, 0.1) is 0 Å². The van der Waals surface area contributed by atoms with Crippen LogP contribution in [-0.4, -0.2) is 43.3 Å². The number of benzene rings is 2. The molecule has 28 heavy (non-hydrogen) atoms. The Kier molecular flexibility index (Phi) is 8.38. The number of oxime groups is 1. The van der Waals surface area contributed by atoms with Crippen LogP contribution in [0.25, 0.3) is 0 Å². The molecular weight excluding hydrogens is 384 g/mol. The first-order chi connectivity index (χ1) is 13.5. The molecule has 2 rings (SSSR count). The fourth-order valence-electron chi connectivity index (χ4n) is 2.31. The van der Waals surface area contributed by atoms with Gasteiger partial charge in [-0.2, -0.15) is 0 Å². The van der Waals surface area contributed by atoms with Crippen molar-refractivity contribution in [2.45, 2.75) is 12.5 Å². The van der Waals surface area contributed by atoms with Gasteiger partial charge in [-0.05, 0) is 42.0 Å². The Hall–Kier alpha value is -2.97. The summed E-state index contributed by atoms with van der Waals surface area (Å²) in [5.74, 6) is 0.803. The quantitative estimate of drug-likeness (QED) is 0.221.